The van der Waals surface area contributed by atoms with Crippen LogP contribution in [0.15, 0.2) is 58.1 Å². The molecule has 0 spiro atoms. The van der Waals surface area contributed by atoms with Gasteiger partial charge in [-0.3, -0.25) is 18.9 Å². The summed E-state index contributed by atoms with van der Waals surface area (Å²) in [6.45, 7) is 6.25. The Morgan fingerprint density at radius 1 is 1.10 bits per heavy atom. The van der Waals surface area contributed by atoms with Gasteiger partial charge in [-0.1, -0.05) is 31.1 Å². The molecule has 0 radical (unpaired) electrons. The van der Waals surface area contributed by atoms with Crippen molar-refractivity contribution in [1.82, 2.24) is 29.6 Å². The van der Waals surface area contributed by atoms with E-state index in [0.29, 0.717) is 18.3 Å². The second-order valence-electron chi connectivity index (χ2n) is 7.58. The Hall–Kier alpha value is -3.75. The summed E-state index contributed by atoms with van der Waals surface area (Å²) in [5.74, 6) is 0.449. The maximum Gasteiger partial charge on any atom is 0.329 e. The number of carbonyl (C=O) groups is 1. The SMILES string of the molecule is CCn1c(=O)n(CC(=O)NC(c2nc(-c3ccncc3)no2)C(C)C)c2ccccc21. The van der Waals surface area contributed by atoms with E-state index >= 15 is 0 Å². The van der Waals surface area contributed by atoms with Crippen LogP contribution in [0, 0.1) is 5.92 Å². The number of imidazole rings is 1. The zero-order valence-electron chi connectivity index (χ0n) is 17.6. The number of amides is 1. The van der Waals surface area contributed by atoms with Crippen LogP contribution in [-0.2, 0) is 17.9 Å². The van der Waals surface area contributed by atoms with Crippen molar-refractivity contribution in [3.8, 4) is 11.4 Å². The van der Waals surface area contributed by atoms with Gasteiger partial charge in [0.25, 0.3) is 0 Å². The smallest absolute Gasteiger partial charge is 0.329 e. The molecule has 4 rings (SSSR count). The van der Waals surface area contributed by atoms with Gasteiger partial charge < -0.3 is 9.84 Å². The Balaban J connectivity index is 1.57. The van der Waals surface area contributed by atoms with Crippen molar-refractivity contribution >= 4 is 16.9 Å². The lowest BCUT2D eigenvalue weighted by Gasteiger charge is -2.18. The molecule has 0 saturated heterocycles. The fourth-order valence-corrected chi connectivity index (χ4v) is 3.59. The van der Waals surface area contributed by atoms with Gasteiger partial charge in [-0.05, 0) is 37.1 Å². The third-order valence-electron chi connectivity index (χ3n) is 5.17. The van der Waals surface area contributed by atoms with Gasteiger partial charge in [0.2, 0.25) is 17.6 Å². The summed E-state index contributed by atoms with van der Waals surface area (Å²) < 4.78 is 8.58. The number of pyridine rings is 1. The van der Waals surface area contributed by atoms with E-state index in [1.165, 1.54) is 4.57 Å². The lowest BCUT2D eigenvalue weighted by Crippen LogP contribution is -2.37. The lowest BCUT2D eigenvalue weighted by molar-refractivity contribution is -0.123. The number of hydrogen-bond acceptors (Lipinski definition) is 6. The predicted molar refractivity (Wildman–Crippen MR) is 115 cm³/mol. The van der Waals surface area contributed by atoms with Crippen LogP contribution in [0.4, 0.5) is 0 Å². The highest BCUT2D eigenvalue weighted by molar-refractivity contribution is 5.81. The molecule has 4 aromatic rings. The summed E-state index contributed by atoms with van der Waals surface area (Å²) in [7, 11) is 0. The molecular weight excluding hydrogens is 396 g/mol. The van der Waals surface area contributed by atoms with E-state index in [4.69, 9.17) is 4.52 Å². The van der Waals surface area contributed by atoms with Crippen molar-refractivity contribution in [2.75, 3.05) is 0 Å². The third kappa shape index (κ3) is 3.98. The van der Waals surface area contributed by atoms with Crippen LogP contribution < -0.4 is 11.0 Å². The zero-order valence-corrected chi connectivity index (χ0v) is 17.6. The molecule has 3 heterocycles. The first kappa shape index (κ1) is 20.5. The molecule has 0 aliphatic rings. The molecule has 3 aromatic heterocycles. The molecule has 1 aromatic carbocycles. The second-order valence-corrected chi connectivity index (χ2v) is 7.58. The molecule has 1 atom stereocenters. The van der Waals surface area contributed by atoms with E-state index in [9.17, 15) is 9.59 Å². The first-order valence-electron chi connectivity index (χ1n) is 10.2. The largest absolute Gasteiger partial charge is 0.342 e. The average molecular weight is 420 g/mol. The minimum Gasteiger partial charge on any atom is -0.342 e. The summed E-state index contributed by atoms with van der Waals surface area (Å²) in [5.41, 5.74) is 2.10. The molecule has 0 fully saturated rings. The number of benzene rings is 1. The number of aromatic nitrogens is 5. The first-order chi connectivity index (χ1) is 15.0. The molecule has 1 N–H and O–H groups in total. The normalized spacial score (nSPS) is 12.4. The van der Waals surface area contributed by atoms with Gasteiger partial charge in [0.15, 0.2) is 0 Å². The van der Waals surface area contributed by atoms with Gasteiger partial charge in [0, 0.05) is 24.5 Å². The van der Waals surface area contributed by atoms with Gasteiger partial charge in [-0.25, -0.2) is 4.79 Å². The number of nitrogens with one attached hydrogen (secondary N) is 1. The van der Waals surface area contributed by atoms with E-state index in [-0.39, 0.29) is 24.1 Å². The van der Waals surface area contributed by atoms with Crippen molar-refractivity contribution in [3.05, 3.63) is 65.2 Å². The van der Waals surface area contributed by atoms with Crippen molar-refractivity contribution in [3.63, 3.8) is 0 Å². The molecule has 9 nitrogen and oxygen atoms in total. The van der Waals surface area contributed by atoms with E-state index in [2.05, 4.69) is 20.4 Å². The molecule has 1 amide bonds. The van der Waals surface area contributed by atoms with Gasteiger partial charge in [0.1, 0.15) is 12.6 Å². The minimum absolute atomic E-state index is 0.00314. The van der Waals surface area contributed by atoms with Crippen LogP contribution in [0.3, 0.4) is 0 Å². The topological polar surface area (TPSA) is 108 Å². The number of aryl methyl sites for hydroxylation is 1. The van der Waals surface area contributed by atoms with Crippen molar-refractivity contribution in [1.29, 1.82) is 0 Å². The number of rotatable bonds is 7. The number of nitrogens with zero attached hydrogens (tertiary/aromatic N) is 5. The summed E-state index contributed by atoms with van der Waals surface area (Å²) in [6, 6.07) is 10.5. The molecule has 160 valence electrons. The Bertz CT molecular complexity index is 1260. The van der Waals surface area contributed by atoms with Crippen LogP contribution in [0.5, 0.6) is 0 Å². The molecule has 1 unspecified atom stereocenters. The van der Waals surface area contributed by atoms with E-state index in [1.54, 1.807) is 29.1 Å². The van der Waals surface area contributed by atoms with Crippen LogP contribution in [0.25, 0.3) is 22.4 Å². The van der Waals surface area contributed by atoms with Crippen molar-refractivity contribution < 1.29 is 9.32 Å². The summed E-state index contributed by atoms with van der Waals surface area (Å²) in [6.07, 6.45) is 3.30. The molecule has 31 heavy (non-hydrogen) atoms. The van der Waals surface area contributed by atoms with Crippen molar-refractivity contribution in [2.24, 2.45) is 5.92 Å². The van der Waals surface area contributed by atoms with E-state index in [0.717, 1.165) is 16.6 Å². The van der Waals surface area contributed by atoms with Gasteiger partial charge in [-0.2, -0.15) is 4.98 Å². The Kier molecular flexibility index (Phi) is 5.66. The Morgan fingerprint density at radius 2 is 1.77 bits per heavy atom. The fourth-order valence-electron chi connectivity index (χ4n) is 3.59. The van der Waals surface area contributed by atoms with Crippen LogP contribution in [-0.4, -0.2) is 30.2 Å². The average Bonchev–Trinajstić information content (AvgIpc) is 3.36. The predicted octanol–water partition coefficient (Wildman–Crippen LogP) is 2.78. The maximum absolute atomic E-state index is 12.9. The Morgan fingerprint density at radius 3 is 2.42 bits per heavy atom. The molecule has 0 aliphatic heterocycles. The maximum atomic E-state index is 12.9. The standard InChI is InChI=1S/C22H24N6O3/c1-4-27-16-7-5-6-8-17(16)28(22(27)30)13-18(29)24-19(14(2)3)21-25-20(26-31-21)15-9-11-23-12-10-15/h5-12,14,19H,4,13H2,1-3H3,(H,24,29). The fraction of sp³-hybridized carbons (Fsp3) is 0.318. The summed E-state index contributed by atoms with van der Waals surface area (Å²) in [4.78, 5) is 34.1. The quantitative estimate of drug-likeness (QED) is 0.493. The number of para-hydroxylation sites is 2. The minimum atomic E-state index is -0.481. The highest BCUT2D eigenvalue weighted by Crippen LogP contribution is 2.23. The number of carbonyl (C=O) groups excluding carboxylic acids is 1. The van der Waals surface area contributed by atoms with Crippen LogP contribution in [0.1, 0.15) is 32.7 Å². The molecule has 9 heteroatoms. The summed E-state index contributed by atoms with van der Waals surface area (Å²) >= 11 is 0. The molecule has 0 bridgehead atoms. The second kappa shape index (κ2) is 8.55. The van der Waals surface area contributed by atoms with Crippen LogP contribution >= 0.6 is 0 Å². The molecule has 0 aliphatic carbocycles. The monoisotopic (exact) mass is 420 g/mol. The summed E-state index contributed by atoms with van der Waals surface area (Å²) in [5, 5.41) is 6.98. The van der Waals surface area contributed by atoms with Crippen LogP contribution in [0.2, 0.25) is 0 Å². The third-order valence-corrected chi connectivity index (χ3v) is 5.17. The van der Waals surface area contributed by atoms with E-state index in [1.807, 2.05) is 45.0 Å². The first-order valence-corrected chi connectivity index (χ1v) is 10.2. The lowest BCUT2D eigenvalue weighted by atomic mass is 10.0. The highest BCUT2D eigenvalue weighted by Gasteiger charge is 2.25. The van der Waals surface area contributed by atoms with Gasteiger partial charge in [-0.15, -0.1) is 0 Å². The number of fused-ring (bicyclic) bond motifs is 1. The van der Waals surface area contributed by atoms with Gasteiger partial charge >= 0.3 is 5.69 Å². The zero-order chi connectivity index (χ0) is 22.0. The van der Waals surface area contributed by atoms with Crippen molar-refractivity contribution in [2.45, 2.75) is 39.9 Å². The van der Waals surface area contributed by atoms with Gasteiger partial charge in [0.05, 0.1) is 11.0 Å². The molecule has 0 saturated carbocycles. The highest BCUT2D eigenvalue weighted by atomic mass is 16.5. The number of hydrogen-bond donors (Lipinski definition) is 1. The Labute approximate surface area is 178 Å². The van der Waals surface area contributed by atoms with E-state index < -0.39 is 6.04 Å². The molecular formula is C22H24N6O3.